The summed E-state index contributed by atoms with van der Waals surface area (Å²) in [6.45, 7) is 1.82. The second kappa shape index (κ2) is 6.74. The lowest BCUT2D eigenvalue weighted by atomic mass is 10.1. The Morgan fingerprint density at radius 3 is 2.11 bits per heavy atom. The molecule has 0 saturated heterocycles. The van der Waals surface area contributed by atoms with Crippen LogP contribution in [0.3, 0.4) is 0 Å². The number of nitrogens with one attached hydrogen (secondary N) is 1. The molecule has 2 aromatic carbocycles. The predicted molar refractivity (Wildman–Crippen MR) is 111 cm³/mol. The zero-order chi connectivity index (χ0) is 19.0. The average Bonchev–Trinajstić information content (AvgIpc) is 3.00. The Morgan fingerprint density at radius 1 is 1.00 bits per heavy atom. The number of aromatic nitrogens is 1. The van der Waals surface area contributed by atoms with Crippen molar-refractivity contribution in [3.05, 3.63) is 87.5 Å². The highest BCUT2D eigenvalue weighted by Crippen LogP contribution is 2.37. The number of fused-ring (bicyclic) bond motifs is 1. The Labute approximate surface area is 159 Å². The maximum absolute atomic E-state index is 13.5. The van der Waals surface area contributed by atoms with Crippen molar-refractivity contribution in [3.63, 3.8) is 0 Å². The lowest BCUT2D eigenvalue weighted by molar-refractivity contribution is 0.100. The number of amides is 1. The fourth-order valence-electron chi connectivity index (χ4n) is 3.14. The first-order valence-electron chi connectivity index (χ1n) is 8.42. The number of rotatable bonds is 3. The van der Waals surface area contributed by atoms with Crippen LogP contribution in [0.5, 0.6) is 0 Å². The highest BCUT2D eigenvalue weighted by atomic mass is 32.1. The number of benzene rings is 2. The summed E-state index contributed by atoms with van der Waals surface area (Å²) in [5.74, 6) is -0.230. The van der Waals surface area contributed by atoms with Gasteiger partial charge in [0.05, 0.1) is 5.69 Å². The number of H-pyrrole nitrogens is 1. The Balaban J connectivity index is 1.90. The molecule has 0 fully saturated rings. The topological polar surface area (TPSA) is 79.2 Å². The molecule has 4 aromatic rings. The van der Waals surface area contributed by atoms with E-state index >= 15 is 0 Å². The summed E-state index contributed by atoms with van der Waals surface area (Å²) in [6.07, 6.45) is 0. The minimum atomic E-state index is -0.230. The number of hydrogen-bond donors (Lipinski definition) is 2. The number of aromatic amines is 1. The van der Waals surface area contributed by atoms with Crippen LogP contribution in [-0.2, 0) is 0 Å². The number of anilines is 3. The minimum absolute atomic E-state index is 0.205. The van der Waals surface area contributed by atoms with Crippen molar-refractivity contribution < 1.29 is 4.79 Å². The number of nitrogen functional groups attached to an aromatic ring is 1. The zero-order valence-corrected chi connectivity index (χ0v) is 15.4. The highest BCUT2D eigenvalue weighted by molar-refractivity contribution is 7.21. The zero-order valence-electron chi connectivity index (χ0n) is 14.6. The second-order valence-corrected chi connectivity index (χ2v) is 7.20. The van der Waals surface area contributed by atoms with Gasteiger partial charge >= 0.3 is 0 Å². The van der Waals surface area contributed by atoms with Crippen LogP contribution < -0.4 is 16.2 Å². The number of thiophene rings is 1. The van der Waals surface area contributed by atoms with Gasteiger partial charge in [-0.3, -0.25) is 14.5 Å². The summed E-state index contributed by atoms with van der Waals surface area (Å²) in [5.41, 5.74) is 8.76. The molecule has 2 aromatic heterocycles. The van der Waals surface area contributed by atoms with Crippen LogP contribution in [0.4, 0.5) is 17.1 Å². The van der Waals surface area contributed by atoms with Crippen molar-refractivity contribution in [3.8, 4) is 0 Å². The van der Waals surface area contributed by atoms with E-state index in [9.17, 15) is 9.59 Å². The molecule has 0 atom stereocenters. The largest absolute Gasteiger partial charge is 0.397 e. The third-order valence-corrected chi connectivity index (χ3v) is 5.46. The third-order valence-electron chi connectivity index (χ3n) is 4.35. The number of hydrogen-bond acceptors (Lipinski definition) is 4. The van der Waals surface area contributed by atoms with Gasteiger partial charge in [-0.25, -0.2) is 0 Å². The van der Waals surface area contributed by atoms with Gasteiger partial charge in [0.1, 0.15) is 9.71 Å². The summed E-state index contributed by atoms with van der Waals surface area (Å²) in [6, 6.07) is 20.3. The van der Waals surface area contributed by atoms with Crippen LogP contribution in [0.2, 0.25) is 0 Å². The van der Waals surface area contributed by atoms with Crippen LogP contribution in [0, 0.1) is 6.92 Å². The van der Waals surface area contributed by atoms with E-state index in [-0.39, 0.29) is 11.5 Å². The van der Waals surface area contributed by atoms with Crippen molar-refractivity contribution in [2.75, 3.05) is 10.6 Å². The molecule has 1 amide bonds. The van der Waals surface area contributed by atoms with Gasteiger partial charge in [-0.2, -0.15) is 0 Å². The van der Waals surface area contributed by atoms with Crippen LogP contribution in [0.25, 0.3) is 10.2 Å². The van der Waals surface area contributed by atoms with Gasteiger partial charge in [-0.05, 0) is 36.8 Å². The fraction of sp³-hybridized carbons (Fsp3) is 0.0476. The molecule has 27 heavy (non-hydrogen) atoms. The van der Waals surface area contributed by atoms with Gasteiger partial charge < -0.3 is 10.7 Å². The number of aryl methyl sites for hydroxylation is 1. The number of carbonyl (C=O) groups excluding carboxylic acids is 1. The van der Waals surface area contributed by atoms with Crippen molar-refractivity contribution in [1.29, 1.82) is 0 Å². The second-order valence-electron chi connectivity index (χ2n) is 6.18. The lowest BCUT2D eigenvalue weighted by Gasteiger charge is -2.22. The lowest BCUT2D eigenvalue weighted by Crippen LogP contribution is -2.25. The van der Waals surface area contributed by atoms with E-state index < -0.39 is 0 Å². The first-order chi connectivity index (χ1) is 13.1. The standard InChI is InChI=1S/C21H17N3O2S/c1-13-12-16(25)23-20-17(13)18(22)19(27-20)21(26)24(14-8-4-2-5-9-14)15-10-6-3-7-11-15/h2-12H,22H2,1H3,(H,23,25). The molecule has 134 valence electrons. The summed E-state index contributed by atoms with van der Waals surface area (Å²) >= 11 is 1.21. The Kier molecular flexibility index (Phi) is 4.25. The molecule has 2 heterocycles. The van der Waals surface area contributed by atoms with Gasteiger partial charge in [0, 0.05) is 22.8 Å². The Hall–Kier alpha value is -3.38. The van der Waals surface area contributed by atoms with E-state index in [0.29, 0.717) is 15.4 Å². The molecule has 0 saturated carbocycles. The minimum Gasteiger partial charge on any atom is -0.397 e. The molecule has 0 aliphatic rings. The van der Waals surface area contributed by atoms with E-state index in [0.717, 1.165) is 22.3 Å². The van der Waals surface area contributed by atoms with Crippen LogP contribution in [-0.4, -0.2) is 10.9 Å². The third kappa shape index (κ3) is 3.00. The van der Waals surface area contributed by atoms with Crippen molar-refractivity contribution in [2.24, 2.45) is 0 Å². The van der Waals surface area contributed by atoms with Crippen LogP contribution in [0.15, 0.2) is 71.5 Å². The maximum atomic E-state index is 13.5. The fourth-order valence-corrected chi connectivity index (χ4v) is 4.26. The van der Waals surface area contributed by atoms with Crippen LogP contribution in [0.1, 0.15) is 15.2 Å². The first-order valence-corrected chi connectivity index (χ1v) is 9.24. The van der Waals surface area contributed by atoms with Crippen molar-refractivity contribution >= 4 is 44.5 Å². The maximum Gasteiger partial charge on any atom is 0.275 e. The monoisotopic (exact) mass is 375 g/mol. The van der Waals surface area contributed by atoms with Gasteiger partial charge in [0.15, 0.2) is 0 Å². The van der Waals surface area contributed by atoms with Crippen molar-refractivity contribution in [2.45, 2.75) is 6.92 Å². The molecule has 3 N–H and O–H groups in total. The first kappa shape index (κ1) is 17.1. The number of para-hydroxylation sites is 2. The van der Waals surface area contributed by atoms with Crippen molar-refractivity contribution in [1.82, 2.24) is 4.98 Å². The molecule has 5 nitrogen and oxygen atoms in total. The van der Waals surface area contributed by atoms with Gasteiger partial charge in [-0.15, -0.1) is 11.3 Å². The molecular formula is C21H17N3O2S. The average molecular weight is 375 g/mol. The molecule has 4 rings (SSSR count). The normalized spacial score (nSPS) is 10.9. The smallest absolute Gasteiger partial charge is 0.275 e. The van der Waals surface area contributed by atoms with Gasteiger partial charge in [-0.1, -0.05) is 36.4 Å². The molecule has 0 bridgehead atoms. The molecule has 0 aliphatic carbocycles. The number of nitrogens with two attached hydrogens (primary N) is 1. The Morgan fingerprint density at radius 2 is 1.56 bits per heavy atom. The number of carbonyl (C=O) groups is 1. The van der Waals surface area contributed by atoms with Gasteiger partial charge in [0.2, 0.25) is 5.56 Å². The summed E-state index contributed by atoms with van der Waals surface area (Å²) in [5, 5.41) is 0.726. The number of pyridine rings is 1. The van der Waals surface area contributed by atoms with Crippen LogP contribution >= 0.6 is 11.3 Å². The summed E-state index contributed by atoms with van der Waals surface area (Å²) in [7, 11) is 0. The molecular weight excluding hydrogens is 358 g/mol. The molecule has 0 aliphatic heterocycles. The van der Waals surface area contributed by atoms with E-state index in [4.69, 9.17) is 5.73 Å². The molecule has 6 heteroatoms. The summed E-state index contributed by atoms with van der Waals surface area (Å²) < 4.78 is 0. The Bertz CT molecular complexity index is 1140. The molecule has 0 radical (unpaired) electrons. The van der Waals surface area contributed by atoms with E-state index in [1.54, 1.807) is 4.90 Å². The van der Waals surface area contributed by atoms with E-state index in [2.05, 4.69) is 4.98 Å². The highest BCUT2D eigenvalue weighted by Gasteiger charge is 2.25. The van der Waals surface area contributed by atoms with E-state index in [1.165, 1.54) is 17.4 Å². The predicted octanol–water partition coefficient (Wildman–Crippen LogP) is 4.46. The van der Waals surface area contributed by atoms with Gasteiger partial charge in [0.25, 0.3) is 5.91 Å². The SMILES string of the molecule is Cc1cc(=O)[nH]c2sc(C(=O)N(c3ccccc3)c3ccccc3)c(N)c12. The van der Waals surface area contributed by atoms with E-state index in [1.807, 2.05) is 67.6 Å². The quantitative estimate of drug-likeness (QED) is 0.555. The molecule has 0 unspecified atom stereocenters. The summed E-state index contributed by atoms with van der Waals surface area (Å²) in [4.78, 5) is 30.7. The number of nitrogens with zero attached hydrogens (tertiary/aromatic N) is 1. The molecule has 0 spiro atoms.